The van der Waals surface area contributed by atoms with Gasteiger partial charge in [0.15, 0.2) is 9.84 Å². The van der Waals surface area contributed by atoms with E-state index in [4.69, 9.17) is 11.6 Å². The van der Waals surface area contributed by atoms with Crippen LogP contribution in [0.15, 0.2) is 30.3 Å². The maximum absolute atomic E-state index is 12.1. The highest BCUT2D eigenvalue weighted by molar-refractivity contribution is 7.92. The second-order valence-electron chi connectivity index (χ2n) is 6.19. The normalized spacial score (nSPS) is 15.8. The van der Waals surface area contributed by atoms with Gasteiger partial charge in [0, 0.05) is 12.4 Å². The third kappa shape index (κ3) is 4.21. The third-order valence-electron chi connectivity index (χ3n) is 3.50. The maximum Gasteiger partial charge on any atom is 0.156 e. The van der Waals surface area contributed by atoms with E-state index in [0.29, 0.717) is 12.4 Å². The zero-order valence-electron chi connectivity index (χ0n) is 12.6. The van der Waals surface area contributed by atoms with Crippen LogP contribution in [0.5, 0.6) is 0 Å². The minimum Gasteiger partial charge on any atom is -0.306 e. The second-order valence-corrected chi connectivity index (χ2v) is 9.32. The monoisotopic (exact) mass is 317 g/mol. The SMILES string of the molecule is CC(CCl)(NCCS(=O)(=O)C(C)(C)C)c1ccccc1. The molecule has 1 unspecified atom stereocenters. The molecule has 0 amide bonds. The summed E-state index contributed by atoms with van der Waals surface area (Å²) < 4.78 is 23.5. The summed E-state index contributed by atoms with van der Waals surface area (Å²) in [5.41, 5.74) is 0.638. The number of halogens is 1. The lowest BCUT2D eigenvalue weighted by Crippen LogP contribution is -2.45. The fourth-order valence-electron chi connectivity index (χ4n) is 1.80. The highest BCUT2D eigenvalue weighted by Gasteiger charge is 2.30. The number of rotatable bonds is 6. The molecule has 114 valence electrons. The Morgan fingerprint density at radius 3 is 2.10 bits per heavy atom. The fraction of sp³-hybridized carbons (Fsp3) is 0.600. The predicted molar refractivity (Wildman–Crippen MR) is 86.1 cm³/mol. The molecule has 1 rings (SSSR count). The van der Waals surface area contributed by atoms with Gasteiger partial charge in [0.1, 0.15) is 0 Å². The molecule has 0 fully saturated rings. The van der Waals surface area contributed by atoms with Gasteiger partial charge in [-0.25, -0.2) is 8.42 Å². The Morgan fingerprint density at radius 2 is 1.65 bits per heavy atom. The molecule has 1 N–H and O–H groups in total. The first-order valence-electron chi connectivity index (χ1n) is 6.71. The fourth-order valence-corrected chi connectivity index (χ4v) is 3.03. The van der Waals surface area contributed by atoms with Crippen molar-refractivity contribution < 1.29 is 8.42 Å². The standard InChI is InChI=1S/C15H24ClNO2S/c1-14(2,3)20(18,19)11-10-17-15(4,12-16)13-8-6-5-7-9-13/h5-9,17H,10-12H2,1-4H3. The first kappa shape index (κ1) is 17.5. The highest BCUT2D eigenvalue weighted by atomic mass is 35.5. The van der Waals surface area contributed by atoms with E-state index in [1.54, 1.807) is 20.8 Å². The Balaban J connectivity index is 2.73. The second kappa shape index (κ2) is 6.46. The van der Waals surface area contributed by atoms with Crippen LogP contribution in [-0.2, 0) is 15.4 Å². The zero-order valence-corrected chi connectivity index (χ0v) is 14.2. The van der Waals surface area contributed by atoms with E-state index >= 15 is 0 Å². The van der Waals surface area contributed by atoms with Crippen LogP contribution in [0.4, 0.5) is 0 Å². The number of sulfone groups is 1. The Hall–Kier alpha value is -0.580. The number of alkyl halides is 1. The minimum absolute atomic E-state index is 0.107. The lowest BCUT2D eigenvalue weighted by Gasteiger charge is -2.30. The average Bonchev–Trinajstić information content (AvgIpc) is 2.38. The van der Waals surface area contributed by atoms with E-state index < -0.39 is 20.1 Å². The molecule has 1 atom stereocenters. The van der Waals surface area contributed by atoms with E-state index in [2.05, 4.69) is 5.32 Å². The van der Waals surface area contributed by atoms with Crippen LogP contribution in [0.3, 0.4) is 0 Å². The van der Waals surface area contributed by atoms with Gasteiger partial charge in [-0.1, -0.05) is 30.3 Å². The molecule has 3 nitrogen and oxygen atoms in total. The van der Waals surface area contributed by atoms with Crippen LogP contribution in [-0.4, -0.2) is 31.3 Å². The van der Waals surface area contributed by atoms with Gasteiger partial charge in [-0.05, 0) is 33.3 Å². The van der Waals surface area contributed by atoms with Crippen molar-refractivity contribution in [3.63, 3.8) is 0 Å². The van der Waals surface area contributed by atoms with Gasteiger partial charge in [0.05, 0.1) is 16.0 Å². The van der Waals surface area contributed by atoms with Crippen LogP contribution in [0, 0.1) is 0 Å². The van der Waals surface area contributed by atoms with Gasteiger partial charge in [-0.3, -0.25) is 0 Å². The van der Waals surface area contributed by atoms with Gasteiger partial charge in [-0.15, -0.1) is 11.6 Å². The van der Waals surface area contributed by atoms with Crippen molar-refractivity contribution in [3.8, 4) is 0 Å². The van der Waals surface area contributed by atoms with Gasteiger partial charge in [0.25, 0.3) is 0 Å². The van der Waals surface area contributed by atoms with Gasteiger partial charge in [-0.2, -0.15) is 0 Å². The molecule has 0 spiro atoms. The summed E-state index contributed by atoms with van der Waals surface area (Å²) in [5.74, 6) is 0.488. The number of nitrogens with one attached hydrogen (secondary N) is 1. The van der Waals surface area contributed by atoms with Crippen LogP contribution >= 0.6 is 11.6 Å². The molecule has 0 aliphatic heterocycles. The molecule has 0 aliphatic carbocycles. The largest absolute Gasteiger partial charge is 0.306 e. The third-order valence-corrected chi connectivity index (χ3v) is 6.64. The quantitative estimate of drug-likeness (QED) is 0.821. The van der Waals surface area contributed by atoms with Gasteiger partial charge < -0.3 is 5.32 Å². The van der Waals surface area contributed by atoms with Crippen LogP contribution in [0.2, 0.25) is 0 Å². The lowest BCUT2D eigenvalue weighted by molar-refractivity contribution is 0.420. The Bertz CT molecular complexity index is 523. The molecule has 1 aromatic rings. The molecule has 0 heterocycles. The van der Waals surface area contributed by atoms with Crippen molar-refractivity contribution in [2.24, 2.45) is 0 Å². The molecule has 0 radical (unpaired) electrons. The molecule has 0 saturated carbocycles. The summed E-state index contributed by atoms with van der Waals surface area (Å²) in [6.45, 7) is 7.54. The highest BCUT2D eigenvalue weighted by Crippen LogP contribution is 2.22. The van der Waals surface area contributed by atoms with Crippen LogP contribution in [0.25, 0.3) is 0 Å². The molecule has 0 bridgehead atoms. The van der Waals surface area contributed by atoms with E-state index in [0.717, 1.165) is 5.56 Å². The predicted octanol–water partition coefficient (Wildman–Crippen LogP) is 2.94. The molecule has 5 heteroatoms. The molecular formula is C15H24ClNO2S. The summed E-state index contributed by atoms with van der Waals surface area (Å²) >= 11 is 6.07. The van der Waals surface area contributed by atoms with E-state index in [1.165, 1.54) is 0 Å². The molecular weight excluding hydrogens is 294 g/mol. The Morgan fingerprint density at radius 1 is 1.10 bits per heavy atom. The Kier molecular flexibility index (Phi) is 5.64. The van der Waals surface area contributed by atoms with Crippen molar-refractivity contribution in [1.29, 1.82) is 0 Å². The average molecular weight is 318 g/mol. The number of benzene rings is 1. The number of hydrogen-bond donors (Lipinski definition) is 1. The number of hydrogen-bond acceptors (Lipinski definition) is 3. The summed E-state index contributed by atoms with van der Waals surface area (Å²) in [6, 6.07) is 9.84. The van der Waals surface area contributed by atoms with Crippen LogP contribution in [0.1, 0.15) is 33.3 Å². The van der Waals surface area contributed by atoms with E-state index in [1.807, 2.05) is 37.3 Å². The molecule has 20 heavy (non-hydrogen) atoms. The van der Waals surface area contributed by atoms with Gasteiger partial charge in [0.2, 0.25) is 0 Å². The maximum atomic E-state index is 12.1. The lowest BCUT2D eigenvalue weighted by atomic mass is 9.94. The molecule has 1 aromatic carbocycles. The first-order valence-corrected chi connectivity index (χ1v) is 8.90. The summed E-state index contributed by atoms with van der Waals surface area (Å²) in [7, 11) is -3.12. The summed E-state index contributed by atoms with van der Waals surface area (Å²) in [6.07, 6.45) is 0. The van der Waals surface area contributed by atoms with E-state index in [-0.39, 0.29) is 5.75 Å². The molecule has 0 saturated heterocycles. The minimum atomic E-state index is -3.12. The van der Waals surface area contributed by atoms with E-state index in [9.17, 15) is 8.42 Å². The molecule has 0 aliphatic rings. The van der Waals surface area contributed by atoms with Crippen LogP contribution < -0.4 is 5.32 Å². The van der Waals surface area contributed by atoms with Crippen molar-refractivity contribution in [1.82, 2.24) is 5.32 Å². The smallest absolute Gasteiger partial charge is 0.156 e. The van der Waals surface area contributed by atoms with Crippen molar-refractivity contribution in [2.75, 3.05) is 18.2 Å². The zero-order chi connectivity index (χ0) is 15.4. The van der Waals surface area contributed by atoms with Crippen molar-refractivity contribution in [3.05, 3.63) is 35.9 Å². The van der Waals surface area contributed by atoms with Gasteiger partial charge >= 0.3 is 0 Å². The van der Waals surface area contributed by atoms with Crippen molar-refractivity contribution >= 4 is 21.4 Å². The summed E-state index contributed by atoms with van der Waals surface area (Å²) in [5, 5.41) is 3.28. The summed E-state index contributed by atoms with van der Waals surface area (Å²) in [4.78, 5) is 0. The Labute approximate surface area is 127 Å². The first-order chi connectivity index (χ1) is 9.12. The van der Waals surface area contributed by atoms with Crippen molar-refractivity contribution in [2.45, 2.75) is 38.0 Å². The molecule has 0 aromatic heterocycles. The topological polar surface area (TPSA) is 46.2 Å².